The summed E-state index contributed by atoms with van der Waals surface area (Å²) in [6.45, 7) is 2.34. The summed E-state index contributed by atoms with van der Waals surface area (Å²) in [5.74, 6) is 1.78. The van der Waals surface area contributed by atoms with Crippen LogP contribution in [0.25, 0.3) is 0 Å². The molecule has 1 aromatic carbocycles. The normalized spacial score (nSPS) is 15.0. The summed E-state index contributed by atoms with van der Waals surface area (Å²) in [6.07, 6.45) is 3.86. The topological polar surface area (TPSA) is 26.3 Å². The van der Waals surface area contributed by atoms with Crippen molar-refractivity contribution >= 4 is 5.78 Å². The molecule has 2 rings (SSSR count). The van der Waals surface area contributed by atoms with Gasteiger partial charge in [-0.2, -0.15) is 0 Å². The van der Waals surface area contributed by atoms with Crippen molar-refractivity contribution < 1.29 is 9.53 Å². The van der Waals surface area contributed by atoms with E-state index in [0.29, 0.717) is 0 Å². The predicted octanol–water partition coefficient (Wildman–Crippen LogP) is 3.07. The molecule has 1 aromatic rings. The third kappa shape index (κ3) is 3.08. The van der Waals surface area contributed by atoms with Crippen LogP contribution in [0, 0.1) is 5.92 Å². The molecule has 0 unspecified atom stereocenters. The van der Waals surface area contributed by atoms with Crippen molar-refractivity contribution in [1.29, 1.82) is 0 Å². The number of ketones is 1. The number of Topliss-reactive ketones (excluding diaryl/α,β-unsaturated/α-hetero) is 1. The second-order valence-corrected chi connectivity index (χ2v) is 4.16. The van der Waals surface area contributed by atoms with E-state index in [-0.39, 0.29) is 5.78 Å². The molecule has 0 amide bonds. The van der Waals surface area contributed by atoms with Crippen LogP contribution in [0.5, 0.6) is 5.75 Å². The maximum Gasteiger partial charge on any atom is 0.159 e. The molecule has 0 heterocycles. The van der Waals surface area contributed by atoms with E-state index in [1.165, 1.54) is 12.8 Å². The SMILES string of the molecule is CC(=O)c1cccc(OCCC2CC2)c1. The van der Waals surface area contributed by atoms with Gasteiger partial charge in [0.2, 0.25) is 0 Å². The van der Waals surface area contributed by atoms with Crippen LogP contribution in [0.1, 0.15) is 36.5 Å². The molecule has 1 aliphatic carbocycles. The fraction of sp³-hybridized carbons (Fsp3) is 0.462. The lowest BCUT2D eigenvalue weighted by Crippen LogP contribution is -1.99. The van der Waals surface area contributed by atoms with Crippen molar-refractivity contribution in [3.63, 3.8) is 0 Å². The van der Waals surface area contributed by atoms with Crippen LogP contribution in [0.3, 0.4) is 0 Å². The number of hydrogen-bond acceptors (Lipinski definition) is 2. The van der Waals surface area contributed by atoms with Gasteiger partial charge in [0.25, 0.3) is 0 Å². The molecule has 0 N–H and O–H groups in total. The highest BCUT2D eigenvalue weighted by molar-refractivity contribution is 5.94. The molecule has 0 radical (unpaired) electrons. The van der Waals surface area contributed by atoms with E-state index < -0.39 is 0 Å². The molecule has 1 saturated carbocycles. The maximum atomic E-state index is 11.1. The first-order valence-corrected chi connectivity index (χ1v) is 5.49. The molecule has 0 bridgehead atoms. The third-order valence-corrected chi connectivity index (χ3v) is 2.73. The Labute approximate surface area is 90.3 Å². The smallest absolute Gasteiger partial charge is 0.159 e. The van der Waals surface area contributed by atoms with Crippen LogP contribution in [-0.2, 0) is 0 Å². The van der Waals surface area contributed by atoms with E-state index in [4.69, 9.17) is 4.74 Å². The zero-order chi connectivity index (χ0) is 10.7. The average Bonchev–Trinajstić information content (AvgIpc) is 3.02. The van der Waals surface area contributed by atoms with Crippen molar-refractivity contribution in [2.45, 2.75) is 26.2 Å². The largest absolute Gasteiger partial charge is 0.494 e. The number of carbonyl (C=O) groups excluding carboxylic acids is 1. The summed E-state index contributed by atoms with van der Waals surface area (Å²) in [6, 6.07) is 7.40. The molecule has 1 aliphatic rings. The van der Waals surface area contributed by atoms with Gasteiger partial charge in [-0.25, -0.2) is 0 Å². The number of ether oxygens (including phenoxy) is 1. The monoisotopic (exact) mass is 204 g/mol. The van der Waals surface area contributed by atoms with Gasteiger partial charge in [0, 0.05) is 5.56 Å². The van der Waals surface area contributed by atoms with Crippen LogP contribution in [0.4, 0.5) is 0 Å². The minimum absolute atomic E-state index is 0.0858. The van der Waals surface area contributed by atoms with E-state index in [1.807, 2.05) is 24.3 Å². The Hall–Kier alpha value is -1.31. The standard InChI is InChI=1S/C13H16O2/c1-10(14)12-3-2-4-13(9-12)15-8-7-11-5-6-11/h2-4,9,11H,5-8H2,1H3. The quantitative estimate of drug-likeness (QED) is 0.689. The molecular weight excluding hydrogens is 188 g/mol. The molecular formula is C13H16O2. The molecule has 0 spiro atoms. The Morgan fingerprint density at radius 3 is 2.93 bits per heavy atom. The minimum Gasteiger partial charge on any atom is -0.494 e. The number of rotatable bonds is 5. The lowest BCUT2D eigenvalue weighted by molar-refractivity contribution is 0.101. The molecule has 2 nitrogen and oxygen atoms in total. The van der Waals surface area contributed by atoms with Gasteiger partial charge in [-0.3, -0.25) is 4.79 Å². The van der Waals surface area contributed by atoms with Crippen molar-refractivity contribution in [2.24, 2.45) is 5.92 Å². The summed E-state index contributed by atoms with van der Waals surface area (Å²) >= 11 is 0. The molecule has 2 heteroatoms. The summed E-state index contributed by atoms with van der Waals surface area (Å²) < 4.78 is 5.60. The third-order valence-electron chi connectivity index (χ3n) is 2.73. The molecule has 15 heavy (non-hydrogen) atoms. The lowest BCUT2D eigenvalue weighted by atomic mass is 10.1. The van der Waals surface area contributed by atoms with E-state index in [9.17, 15) is 4.79 Å². The first-order valence-electron chi connectivity index (χ1n) is 5.49. The summed E-state index contributed by atoms with van der Waals surface area (Å²) in [4.78, 5) is 11.1. The fourth-order valence-electron chi connectivity index (χ4n) is 1.55. The van der Waals surface area contributed by atoms with E-state index >= 15 is 0 Å². The van der Waals surface area contributed by atoms with Crippen LogP contribution in [0.15, 0.2) is 24.3 Å². The summed E-state index contributed by atoms with van der Waals surface area (Å²) in [5, 5.41) is 0. The number of hydrogen-bond donors (Lipinski definition) is 0. The van der Waals surface area contributed by atoms with Crippen LogP contribution < -0.4 is 4.74 Å². The molecule has 0 aliphatic heterocycles. The van der Waals surface area contributed by atoms with Gasteiger partial charge in [-0.05, 0) is 31.4 Å². The van der Waals surface area contributed by atoms with Crippen molar-refractivity contribution in [2.75, 3.05) is 6.61 Å². The van der Waals surface area contributed by atoms with Crippen molar-refractivity contribution in [1.82, 2.24) is 0 Å². The predicted molar refractivity (Wildman–Crippen MR) is 59.3 cm³/mol. The summed E-state index contributed by atoms with van der Waals surface area (Å²) in [5.41, 5.74) is 0.721. The van der Waals surface area contributed by atoms with Gasteiger partial charge in [-0.15, -0.1) is 0 Å². The summed E-state index contributed by atoms with van der Waals surface area (Å²) in [7, 11) is 0. The van der Waals surface area contributed by atoms with Gasteiger partial charge in [0.15, 0.2) is 5.78 Å². The van der Waals surface area contributed by atoms with Crippen LogP contribution in [-0.4, -0.2) is 12.4 Å². The Morgan fingerprint density at radius 2 is 2.27 bits per heavy atom. The maximum absolute atomic E-state index is 11.1. The zero-order valence-electron chi connectivity index (χ0n) is 9.03. The van der Waals surface area contributed by atoms with Crippen LogP contribution in [0.2, 0.25) is 0 Å². The second kappa shape index (κ2) is 4.47. The Bertz CT molecular complexity index is 353. The van der Waals surface area contributed by atoms with Gasteiger partial charge in [0.1, 0.15) is 5.75 Å². The first kappa shape index (κ1) is 10.2. The average molecular weight is 204 g/mol. The molecule has 0 aromatic heterocycles. The van der Waals surface area contributed by atoms with Crippen LogP contribution >= 0.6 is 0 Å². The second-order valence-electron chi connectivity index (χ2n) is 4.16. The molecule has 1 fully saturated rings. The molecule has 80 valence electrons. The number of carbonyl (C=O) groups is 1. The highest BCUT2D eigenvalue weighted by atomic mass is 16.5. The van der Waals surface area contributed by atoms with E-state index in [2.05, 4.69) is 0 Å². The van der Waals surface area contributed by atoms with Gasteiger partial charge < -0.3 is 4.74 Å². The fourth-order valence-corrected chi connectivity index (χ4v) is 1.55. The molecule has 0 saturated heterocycles. The first-order chi connectivity index (χ1) is 7.25. The van der Waals surface area contributed by atoms with Gasteiger partial charge in [-0.1, -0.05) is 25.0 Å². The molecule has 0 atom stereocenters. The minimum atomic E-state index is 0.0858. The highest BCUT2D eigenvalue weighted by Crippen LogP contribution is 2.32. The van der Waals surface area contributed by atoms with Crippen molar-refractivity contribution in [3.8, 4) is 5.75 Å². The lowest BCUT2D eigenvalue weighted by Gasteiger charge is -2.06. The van der Waals surface area contributed by atoms with E-state index in [0.717, 1.165) is 30.3 Å². The Balaban J connectivity index is 1.88. The van der Waals surface area contributed by atoms with Gasteiger partial charge in [0.05, 0.1) is 6.61 Å². The Kier molecular flexibility index (Phi) is 3.05. The van der Waals surface area contributed by atoms with Gasteiger partial charge >= 0.3 is 0 Å². The zero-order valence-corrected chi connectivity index (χ0v) is 9.03. The Morgan fingerprint density at radius 1 is 1.47 bits per heavy atom. The van der Waals surface area contributed by atoms with Crippen molar-refractivity contribution in [3.05, 3.63) is 29.8 Å². The number of benzene rings is 1. The highest BCUT2D eigenvalue weighted by Gasteiger charge is 2.20. The van der Waals surface area contributed by atoms with E-state index in [1.54, 1.807) is 6.92 Å².